The van der Waals surface area contributed by atoms with Crippen molar-refractivity contribution >= 4 is 23.4 Å². The van der Waals surface area contributed by atoms with Gasteiger partial charge in [0.1, 0.15) is 5.75 Å². The minimum atomic E-state index is -0.332. The zero-order valence-electron chi connectivity index (χ0n) is 16.4. The molecule has 1 aromatic heterocycles. The zero-order valence-corrected chi connectivity index (χ0v) is 17.2. The summed E-state index contributed by atoms with van der Waals surface area (Å²) in [6.07, 6.45) is 0. The van der Waals surface area contributed by atoms with E-state index in [2.05, 4.69) is 15.5 Å². The van der Waals surface area contributed by atoms with Gasteiger partial charge in [-0.25, -0.2) is 0 Å². The molecule has 3 rings (SSSR count). The quantitative estimate of drug-likeness (QED) is 0.604. The predicted octanol–water partition coefficient (Wildman–Crippen LogP) is 4.41. The summed E-state index contributed by atoms with van der Waals surface area (Å²) in [5, 5.41) is 21.5. The van der Waals surface area contributed by atoms with Crippen LogP contribution in [0.5, 0.6) is 5.75 Å². The molecule has 0 saturated heterocycles. The summed E-state index contributed by atoms with van der Waals surface area (Å²) in [5.74, 6) is 0.851. The van der Waals surface area contributed by atoms with Crippen LogP contribution < -0.4 is 5.32 Å². The van der Waals surface area contributed by atoms with Crippen molar-refractivity contribution in [1.29, 1.82) is 0 Å². The Kier molecular flexibility index (Phi) is 6.04. The van der Waals surface area contributed by atoms with Gasteiger partial charge in [-0.2, -0.15) is 0 Å². The van der Waals surface area contributed by atoms with Gasteiger partial charge in [-0.1, -0.05) is 30.0 Å². The SMILES string of the molecule is CCn1c(S[C@H](C)C(=O)Nc2c(C)cccc2C)nnc1-c1ccc(O)cc1. The van der Waals surface area contributed by atoms with Crippen LogP contribution in [0, 0.1) is 13.8 Å². The molecule has 0 bridgehead atoms. The zero-order chi connectivity index (χ0) is 20.3. The first kappa shape index (κ1) is 19.9. The highest BCUT2D eigenvalue weighted by Gasteiger charge is 2.21. The molecular weight excluding hydrogens is 372 g/mol. The third-order valence-electron chi connectivity index (χ3n) is 4.54. The van der Waals surface area contributed by atoms with Gasteiger partial charge in [-0.15, -0.1) is 10.2 Å². The number of aryl methyl sites for hydroxylation is 2. The number of carbonyl (C=O) groups is 1. The number of aromatic hydroxyl groups is 1. The van der Waals surface area contributed by atoms with E-state index in [9.17, 15) is 9.90 Å². The van der Waals surface area contributed by atoms with E-state index < -0.39 is 0 Å². The molecule has 0 aliphatic rings. The Bertz CT molecular complexity index is 962. The number of hydrogen-bond donors (Lipinski definition) is 2. The number of thioether (sulfide) groups is 1. The van der Waals surface area contributed by atoms with Crippen LogP contribution in [0.3, 0.4) is 0 Å². The Morgan fingerprint density at radius 3 is 2.39 bits per heavy atom. The van der Waals surface area contributed by atoms with Crippen molar-refractivity contribution in [2.75, 3.05) is 5.32 Å². The van der Waals surface area contributed by atoms with Crippen LogP contribution >= 0.6 is 11.8 Å². The number of aromatic nitrogens is 3. The maximum absolute atomic E-state index is 12.7. The van der Waals surface area contributed by atoms with Crippen LogP contribution in [0.25, 0.3) is 11.4 Å². The lowest BCUT2D eigenvalue weighted by atomic mass is 10.1. The van der Waals surface area contributed by atoms with Crippen molar-refractivity contribution in [3.8, 4) is 17.1 Å². The number of hydrogen-bond acceptors (Lipinski definition) is 5. The van der Waals surface area contributed by atoms with Gasteiger partial charge in [0, 0.05) is 17.8 Å². The van der Waals surface area contributed by atoms with Crippen LogP contribution in [0.2, 0.25) is 0 Å². The van der Waals surface area contributed by atoms with Gasteiger partial charge >= 0.3 is 0 Å². The van der Waals surface area contributed by atoms with Gasteiger partial charge in [-0.3, -0.25) is 4.79 Å². The van der Waals surface area contributed by atoms with Crippen molar-refractivity contribution in [2.24, 2.45) is 0 Å². The topological polar surface area (TPSA) is 80.0 Å². The molecule has 0 spiro atoms. The molecule has 6 nitrogen and oxygen atoms in total. The molecule has 0 aliphatic heterocycles. The van der Waals surface area contributed by atoms with Crippen LogP contribution in [0.1, 0.15) is 25.0 Å². The number of carbonyl (C=O) groups excluding carboxylic acids is 1. The molecule has 0 unspecified atom stereocenters. The Morgan fingerprint density at radius 2 is 1.79 bits per heavy atom. The van der Waals surface area contributed by atoms with Crippen molar-refractivity contribution in [2.45, 2.75) is 44.6 Å². The fourth-order valence-electron chi connectivity index (χ4n) is 2.93. The molecule has 0 aliphatic carbocycles. The summed E-state index contributed by atoms with van der Waals surface area (Å²) < 4.78 is 1.97. The molecule has 0 saturated carbocycles. The minimum absolute atomic E-state index is 0.0702. The number of para-hydroxylation sites is 1. The number of amides is 1. The molecule has 28 heavy (non-hydrogen) atoms. The number of phenols is 1. The Morgan fingerprint density at radius 1 is 1.14 bits per heavy atom. The summed E-state index contributed by atoms with van der Waals surface area (Å²) in [5.41, 5.74) is 3.81. The average Bonchev–Trinajstić information content (AvgIpc) is 3.07. The molecule has 1 amide bonds. The van der Waals surface area contributed by atoms with Crippen molar-refractivity contribution < 1.29 is 9.90 Å². The van der Waals surface area contributed by atoms with Crippen molar-refractivity contribution in [1.82, 2.24) is 14.8 Å². The van der Waals surface area contributed by atoms with Gasteiger partial charge in [0.05, 0.1) is 5.25 Å². The summed E-state index contributed by atoms with van der Waals surface area (Å²) >= 11 is 1.38. The third-order valence-corrected chi connectivity index (χ3v) is 5.62. The van der Waals surface area contributed by atoms with Gasteiger partial charge in [0.25, 0.3) is 0 Å². The summed E-state index contributed by atoms with van der Waals surface area (Å²) in [6, 6.07) is 12.8. The standard InChI is InChI=1S/C21H24N4O2S/c1-5-25-19(16-9-11-17(26)12-10-16)23-24-21(25)28-15(4)20(27)22-18-13(2)7-6-8-14(18)3/h6-12,15,26H,5H2,1-4H3,(H,22,27)/t15-/m1/s1. The molecule has 2 N–H and O–H groups in total. The van der Waals surface area contributed by atoms with Gasteiger partial charge in [-0.05, 0) is 63.1 Å². The Hall–Kier alpha value is -2.80. The lowest BCUT2D eigenvalue weighted by molar-refractivity contribution is -0.115. The normalized spacial score (nSPS) is 12.0. The Labute approximate surface area is 169 Å². The van der Waals surface area contributed by atoms with Crippen LogP contribution in [0.4, 0.5) is 5.69 Å². The second kappa shape index (κ2) is 8.48. The summed E-state index contributed by atoms with van der Waals surface area (Å²) in [7, 11) is 0. The second-order valence-electron chi connectivity index (χ2n) is 6.61. The number of benzene rings is 2. The van der Waals surface area contributed by atoms with E-state index in [1.54, 1.807) is 24.3 Å². The van der Waals surface area contributed by atoms with Gasteiger partial charge in [0.2, 0.25) is 5.91 Å². The summed E-state index contributed by atoms with van der Waals surface area (Å²) in [6.45, 7) is 8.52. The molecule has 2 aromatic carbocycles. The molecule has 0 radical (unpaired) electrons. The van der Waals surface area contributed by atoms with Gasteiger partial charge < -0.3 is 15.0 Å². The number of phenolic OH excluding ortho intramolecular Hbond substituents is 1. The molecule has 3 aromatic rings. The van der Waals surface area contributed by atoms with Crippen molar-refractivity contribution in [3.05, 3.63) is 53.6 Å². The number of nitrogens with one attached hydrogen (secondary N) is 1. The molecule has 7 heteroatoms. The monoisotopic (exact) mass is 396 g/mol. The van der Waals surface area contributed by atoms with Crippen molar-refractivity contribution in [3.63, 3.8) is 0 Å². The molecule has 1 atom stereocenters. The molecule has 0 fully saturated rings. The minimum Gasteiger partial charge on any atom is -0.508 e. The first-order valence-corrected chi connectivity index (χ1v) is 10.0. The fraction of sp³-hybridized carbons (Fsp3) is 0.286. The summed E-state index contributed by atoms with van der Waals surface area (Å²) in [4.78, 5) is 12.7. The molecular formula is C21H24N4O2S. The largest absolute Gasteiger partial charge is 0.508 e. The lowest BCUT2D eigenvalue weighted by Gasteiger charge is -2.15. The fourth-order valence-corrected chi connectivity index (χ4v) is 3.85. The maximum atomic E-state index is 12.7. The average molecular weight is 397 g/mol. The smallest absolute Gasteiger partial charge is 0.237 e. The van der Waals surface area contributed by atoms with Crippen LogP contribution in [-0.2, 0) is 11.3 Å². The van der Waals surface area contributed by atoms with Crippen LogP contribution in [0.15, 0.2) is 47.6 Å². The lowest BCUT2D eigenvalue weighted by Crippen LogP contribution is -2.23. The van der Waals surface area contributed by atoms with E-state index in [0.29, 0.717) is 17.5 Å². The highest BCUT2D eigenvalue weighted by atomic mass is 32.2. The Balaban J connectivity index is 1.77. The molecule has 1 heterocycles. The number of rotatable bonds is 6. The van der Waals surface area contributed by atoms with E-state index >= 15 is 0 Å². The first-order chi connectivity index (χ1) is 13.4. The van der Waals surface area contributed by atoms with E-state index in [4.69, 9.17) is 0 Å². The first-order valence-electron chi connectivity index (χ1n) is 9.17. The van der Waals surface area contributed by atoms with Crippen LogP contribution in [-0.4, -0.2) is 31.0 Å². The van der Waals surface area contributed by atoms with Gasteiger partial charge in [0.15, 0.2) is 11.0 Å². The predicted molar refractivity (Wildman–Crippen MR) is 113 cm³/mol. The third kappa shape index (κ3) is 4.20. The number of anilines is 1. The second-order valence-corrected chi connectivity index (χ2v) is 7.92. The maximum Gasteiger partial charge on any atom is 0.237 e. The highest BCUT2D eigenvalue weighted by molar-refractivity contribution is 8.00. The van der Waals surface area contributed by atoms with E-state index in [0.717, 1.165) is 22.4 Å². The van der Waals surface area contributed by atoms with E-state index in [1.165, 1.54) is 11.8 Å². The molecule has 146 valence electrons. The van der Waals surface area contributed by atoms with E-state index in [-0.39, 0.29) is 16.9 Å². The highest BCUT2D eigenvalue weighted by Crippen LogP contribution is 2.29. The number of nitrogens with zero attached hydrogens (tertiary/aromatic N) is 3. The van der Waals surface area contributed by atoms with E-state index in [1.807, 2.05) is 50.5 Å².